The van der Waals surface area contributed by atoms with Crippen molar-refractivity contribution in [2.75, 3.05) is 6.54 Å². The van der Waals surface area contributed by atoms with Gasteiger partial charge in [0.15, 0.2) is 0 Å². The van der Waals surface area contributed by atoms with Gasteiger partial charge >= 0.3 is 0 Å². The SMILES string of the molecule is O=[C]CNCc1ncc[nH]1. The van der Waals surface area contributed by atoms with Crippen molar-refractivity contribution in [3.8, 4) is 0 Å². The largest absolute Gasteiger partial charge is 0.348 e. The summed E-state index contributed by atoms with van der Waals surface area (Å²) >= 11 is 0. The van der Waals surface area contributed by atoms with Crippen LogP contribution in [0, 0.1) is 0 Å². The van der Waals surface area contributed by atoms with Crippen LogP contribution < -0.4 is 5.32 Å². The Kier molecular flexibility index (Phi) is 2.63. The maximum Gasteiger partial charge on any atom is 0.213 e. The topological polar surface area (TPSA) is 57.8 Å². The van der Waals surface area contributed by atoms with E-state index in [1.807, 2.05) is 0 Å². The maximum absolute atomic E-state index is 9.72. The number of hydrogen-bond acceptors (Lipinski definition) is 3. The molecule has 1 aromatic rings. The van der Waals surface area contributed by atoms with Crippen LogP contribution in [0.15, 0.2) is 12.4 Å². The summed E-state index contributed by atoms with van der Waals surface area (Å²) in [5.41, 5.74) is 0. The minimum absolute atomic E-state index is 0.251. The number of imidazole rings is 1. The van der Waals surface area contributed by atoms with Gasteiger partial charge in [-0.05, 0) is 0 Å². The molecule has 1 aromatic heterocycles. The minimum Gasteiger partial charge on any atom is -0.348 e. The molecule has 0 bridgehead atoms. The van der Waals surface area contributed by atoms with Crippen molar-refractivity contribution >= 4 is 6.29 Å². The molecule has 0 aliphatic carbocycles. The molecule has 2 N–H and O–H groups in total. The summed E-state index contributed by atoms with van der Waals surface area (Å²) in [6.07, 6.45) is 5.13. The standard InChI is InChI=1S/C6H8N3O/c10-4-3-7-5-6-8-1-2-9-6/h1-2,7H,3,5H2,(H,8,9). The Bertz CT molecular complexity index is 183. The van der Waals surface area contributed by atoms with Crippen LogP contribution >= 0.6 is 0 Å². The summed E-state index contributed by atoms with van der Waals surface area (Å²) in [6, 6.07) is 0. The zero-order chi connectivity index (χ0) is 7.23. The second kappa shape index (κ2) is 3.79. The lowest BCUT2D eigenvalue weighted by Gasteiger charge is -1.93. The molecule has 1 rings (SSSR count). The lowest BCUT2D eigenvalue weighted by molar-refractivity contribution is 0.547. The number of rotatable bonds is 4. The average Bonchev–Trinajstić information content (AvgIpc) is 2.41. The Morgan fingerprint density at radius 1 is 1.80 bits per heavy atom. The van der Waals surface area contributed by atoms with Gasteiger partial charge in [0.05, 0.1) is 13.1 Å². The van der Waals surface area contributed by atoms with E-state index < -0.39 is 0 Å². The van der Waals surface area contributed by atoms with E-state index in [0.29, 0.717) is 6.54 Å². The van der Waals surface area contributed by atoms with Crippen molar-refractivity contribution in [2.45, 2.75) is 6.54 Å². The Labute approximate surface area is 58.7 Å². The Morgan fingerprint density at radius 3 is 3.30 bits per heavy atom. The van der Waals surface area contributed by atoms with E-state index in [0.717, 1.165) is 5.82 Å². The number of nitrogens with one attached hydrogen (secondary N) is 2. The smallest absolute Gasteiger partial charge is 0.213 e. The molecule has 0 aliphatic heterocycles. The molecule has 1 radical (unpaired) electrons. The van der Waals surface area contributed by atoms with E-state index in [2.05, 4.69) is 15.3 Å². The average molecular weight is 138 g/mol. The fraction of sp³-hybridized carbons (Fsp3) is 0.333. The summed E-state index contributed by atoms with van der Waals surface area (Å²) in [6.45, 7) is 0.836. The Morgan fingerprint density at radius 2 is 2.70 bits per heavy atom. The van der Waals surface area contributed by atoms with Crippen LogP contribution in [0.4, 0.5) is 0 Å². The normalized spacial score (nSPS) is 9.60. The molecule has 0 aromatic carbocycles. The number of hydrogen-bond donors (Lipinski definition) is 2. The van der Waals surface area contributed by atoms with Gasteiger partial charge in [0.25, 0.3) is 0 Å². The first kappa shape index (κ1) is 6.95. The van der Waals surface area contributed by atoms with Crippen molar-refractivity contribution in [3.63, 3.8) is 0 Å². The summed E-state index contributed by atoms with van der Waals surface area (Å²) < 4.78 is 0. The molecular formula is C6H8N3O. The molecule has 4 heteroatoms. The highest BCUT2D eigenvalue weighted by molar-refractivity contribution is 5.52. The van der Waals surface area contributed by atoms with E-state index in [1.165, 1.54) is 0 Å². The second-order valence-corrected chi connectivity index (χ2v) is 1.78. The van der Waals surface area contributed by atoms with Gasteiger partial charge in [0.1, 0.15) is 5.82 Å². The molecule has 0 unspecified atom stereocenters. The molecular weight excluding hydrogens is 130 g/mol. The molecule has 0 atom stereocenters. The van der Waals surface area contributed by atoms with Crippen LogP contribution in [0.1, 0.15) is 5.82 Å². The molecule has 0 spiro atoms. The van der Waals surface area contributed by atoms with Crippen molar-refractivity contribution in [2.24, 2.45) is 0 Å². The van der Waals surface area contributed by atoms with Gasteiger partial charge in [0, 0.05) is 12.4 Å². The summed E-state index contributed by atoms with van der Waals surface area (Å²) in [5, 5.41) is 2.82. The predicted octanol–water partition coefficient (Wildman–Crippen LogP) is -0.391. The highest BCUT2D eigenvalue weighted by Crippen LogP contribution is 1.84. The van der Waals surface area contributed by atoms with Crippen LogP contribution in [-0.4, -0.2) is 22.8 Å². The van der Waals surface area contributed by atoms with Gasteiger partial charge in [-0.15, -0.1) is 0 Å². The number of aromatic amines is 1. The molecule has 0 saturated heterocycles. The van der Waals surface area contributed by atoms with Gasteiger partial charge in [-0.1, -0.05) is 0 Å². The van der Waals surface area contributed by atoms with Gasteiger partial charge in [-0.25, -0.2) is 4.98 Å². The fourth-order valence-corrected chi connectivity index (χ4v) is 0.627. The third-order valence-electron chi connectivity index (χ3n) is 1.04. The van der Waals surface area contributed by atoms with Gasteiger partial charge in [-0.3, -0.25) is 4.79 Å². The highest BCUT2D eigenvalue weighted by atomic mass is 16.1. The van der Waals surface area contributed by atoms with Crippen LogP contribution in [-0.2, 0) is 11.3 Å². The molecule has 0 saturated carbocycles. The van der Waals surface area contributed by atoms with E-state index in [-0.39, 0.29) is 6.54 Å². The van der Waals surface area contributed by atoms with Gasteiger partial charge in [0.2, 0.25) is 6.29 Å². The minimum atomic E-state index is 0.251. The Hall–Kier alpha value is -1.16. The number of aromatic nitrogens is 2. The lowest BCUT2D eigenvalue weighted by atomic mass is 10.6. The molecule has 53 valence electrons. The lowest BCUT2D eigenvalue weighted by Crippen LogP contribution is -2.16. The van der Waals surface area contributed by atoms with E-state index >= 15 is 0 Å². The monoisotopic (exact) mass is 138 g/mol. The zero-order valence-corrected chi connectivity index (χ0v) is 5.42. The van der Waals surface area contributed by atoms with Crippen LogP contribution in [0.5, 0.6) is 0 Å². The van der Waals surface area contributed by atoms with Gasteiger partial charge < -0.3 is 10.3 Å². The number of nitrogens with zero attached hydrogens (tertiary/aromatic N) is 1. The molecule has 0 amide bonds. The first-order chi connectivity index (χ1) is 4.93. The van der Waals surface area contributed by atoms with Crippen molar-refractivity contribution in [3.05, 3.63) is 18.2 Å². The van der Waals surface area contributed by atoms with Crippen LogP contribution in [0.3, 0.4) is 0 Å². The van der Waals surface area contributed by atoms with E-state index in [1.54, 1.807) is 18.7 Å². The first-order valence-corrected chi connectivity index (χ1v) is 2.97. The van der Waals surface area contributed by atoms with E-state index in [9.17, 15) is 4.79 Å². The maximum atomic E-state index is 9.72. The van der Waals surface area contributed by atoms with Crippen molar-refractivity contribution in [1.29, 1.82) is 0 Å². The second-order valence-electron chi connectivity index (χ2n) is 1.78. The van der Waals surface area contributed by atoms with Crippen LogP contribution in [0.25, 0.3) is 0 Å². The van der Waals surface area contributed by atoms with Gasteiger partial charge in [-0.2, -0.15) is 0 Å². The predicted molar refractivity (Wildman–Crippen MR) is 36.0 cm³/mol. The summed E-state index contributed by atoms with van der Waals surface area (Å²) in [5.74, 6) is 0.829. The third-order valence-corrected chi connectivity index (χ3v) is 1.04. The molecule has 1 heterocycles. The molecule has 4 nitrogen and oxygen atoms in total. The van der Waals surface area contributed by atoms with E-state index in [4.69, 9.17) is 0 Å². The number of carbonyl (C=O) groups excluding carboxylic acids is 1. The molecule has 10 heavy (non-hydrogen) atoms. The molecule has 0 aliphatic rings. The zero-order valence-electron chi connectivity index (χ0n) is 5.42. The third kappa shape index (κ3) is 1.99. The molecule has 0 fully saturated rings. The summed E-state index contributed by atoms with van der Waals surface area (Å²) in [4.78, 5) is 16.5. The Balaban J connectivity index is 2.21. The fourth-order valence-electron chi connectivity index (χ4n) is 0.627. The number of H-pyrrole nitrogens is 1. The summed E-state index contributed by atoms with van der Waals surface area (Å²) in [7, 11) is 0. The highest BCUT2D eigenvalue weighted by Gasteiger charge is 1.90. The van der Waals surface area contributed by atoms with Crippen molar-refractivity contribution < 1.29 is 4.79 Å². The van der Waals surface area contributed by atoms with Crippen LogP contribution in [0.2, 0.25) is 0 Å². The quantitative estimate of drug-likeness (QED) is 0.557. The van der Waals surface area contributed by atoms with Crippen molar-refractivity contribution in [1.82, 2.24) is 15.3 Å². The first-order valence-electron chi connectivity index (χ1n) is 2.97.